The van der Waals surface area contributed by atoms with Crippen LogP contribution in [0.1, 0.15) is 53.4 Å². The van der Waals surface area contributed by atoms with E-state index in [0.29, 0.717) is 5.41 Å². The minimum atomic E-state index is -0.503. The molecule has 0 unspecified atom stereocenters. The van der Waals surface area contributed by atoms with Crippen molar-refractivity contribution in [1.29, 1.82) is 0 Å². The van der Waals surface area contributed by atoms with Gasteiger partial charge in [-0.2, -0.15) is 0 Å². The second-order valence-corrected chi connectivity index (χ2v) is 5.74. The first-order valence-electron chi connectivity index (χ1n) is 5.74. The Morgan fingerprint density at radius 1 is 1.21 bits per heavy atom. The highest BCUT2D eigenvalue weighted by Crippen LogP contribution is 2.41. The van der Waals surface area contributed by atoms with E-state index in [-0.39, 0.29) is 0 Å². The first kappa shape index (κ1) is 11.8. The molecule has 0 spiro atoms. The molecule has 0 atom stereocenters. The van der Waals surface area contributed by atoms with Gasteiger partial charge in [-0.05, 0) is 43.9 Å². The van der Waals surface area contributed by atoms with Crippen LogP contribution in [0.15, 0.2) is 12.2 Å². The molecule has 0 saturated heterocycles. The Hall–Kier alpha value is -0.300. The topological polar surface area (TPSA) is 20.2 Å². The lowest BCUT2D eigenvalue weighted by molar-refractivity contribution is 0.0136. The van der Waals surface area contributed by atoms with E-state index in [9.17, 15) is 5.11 Å². The van der Waals surface area contributed by atoms with Crippen molar-refractivity contribution in [3.05, 3.63) is 12.2 Å². The smallest absolute Gasteiger partial charge is 0.0827 e. The molecule has 1 rings (SSSR count). The van der Waals surface area contributed by atoms with Crippen molar-refractivity contribution in [2.45, 2.75) is 59.0 Å². The molecule has 1 N–H and O–H groups in total. The van der Waals surface area contributed by atoms with Crippen LogP contribution in [0.4, 0.5) is 0 Å². The molecule has 0 aromatic rings. The highest BCUT2D eigenvalue weighted by Gasteiger charge is 2.35. The van der Waals surface area contributed by atoms with Crippen molar-refractivity contribution >= 4 is 0 Å². The predicted molar refractivity (Wildman–Crippen MR) is 61.2 cm³/mol. The average molecular weight is 196 g/mol. The fourth-order valence-corrected chi connectivity index (χ4v) is 2.46. The van der Waals surface area contributed by atoms with Crippen LogP contribution in [0.25, 0.3) is 0 Å². The molecule has 14 heavy (non-hydrogen) atoms. The fourth-order valence-electron chi connectivity index (χ4n) is 2.46. The van der Waals surface area contributed by atoms with Crippen LogP contribution in [0.5, 0.6) is 0 Å². The predicted octanol–water partition coefficient (Wildman–Crippen LogP) is 3.53. The Bertz CT molecular complexity index is 202. The minimum absolute atomic E-state index is 0.400. The summed E-state index contributed by atoms with van der Waals surface area (Å²) >= 11 is 0. The fraction of sp³-hybridized carbons (Fsp3) is 0.846. The number of aliphatic hydroxyl groups is 1. The molecule has 1 aliphatic rings. The van der Waals surface area contributed by atoms with Gasteiger partial charge >= 0.3 is 0 Å². The molecule has 1 saturated carbocycles. The quantitative estimate of drug-likeness (QED) is 0.636. The van der Waals surface area contributed by atoms with Crippen LogP contribution < -0.4 is 0 Å². The lowest BCUT2D eigenvalue weighted by Crippen LogP contribution is -2.35. The van der Waals surface area contributed by atoms with Gasteiger partial charge in [-0.15, -0.1) is 0 Å². The molecule has 0 amide bonds. The molecule has 0 aliphatic heterocycles. The molecule has 0 heterocycles. The number of hydrogen-bond donors (Lipinski definition) is 1. The van der Waals surface area contributed by atoms with E-state index in [0.717, 1.165) is 31.6 Å². The summed E-state index contributed by atoms with van der Waals surface area (Å²) in [5.74, 6) is 0.771. The van der Waals surface area contributed by atoms with Gasteiger partial charge in [-0.25, -0.2) is 0 Å². The summed E-state index contributed by atoms with van der Waals surface area (Å²) in [6.07, 6.45) is 8.11. The van der Waals surface area contributed by atoms with E-state index in [1.165, 1.54) is 0 Å². The van der Waals surface area contributed by atoms with Crippen LogP contribution in [0.2, 0.25) is 0 Å². The average Bonchev–Trinajstić information content (AvgIpc) is 2.03. The number of rotatable bonds is 1. The van der Waals surface area contributed by atoms with Gasteiger partial charge in [-0.1, -0.05) is 32.9 Å². The van der Waals surface area contributed by atoms with E-state index in [1.807, 2.05) is 19.1 Å². The second-order valence-electron chi connectivity index (χ2n) is 5.74. The van der Waals surface area contributed by atoms with Crippen LogP contribution in [-0.2, 0) is 0 Å². The molecular weight excluding hydrogens is 172 g/mol. The van der Waals surface area contributed by atoms with Crippen molar-refractivity contribution in [2.24, 2.45) is 11.3 Å². The standard InChI is InChI=1S/C13H24O/c1-5-8-13(14)9-6-11(7-10-13)12(2,3)4/h5,8,11,14H,6-7,9-10H2,1-4H3/b8-5+. The monoisotopic (exact) mass is 196 g/mol. The SMILES string of the molecule is C/C=C/C1(O)CCC(C(C)(C)C)CC1. The zero-order valence-corrected chi connectivity index (χ0v) is 10.0. The summed E-state index contributed by atoms with van der Waals surface area (Å²) in [4.78, 5) is 0. The molecule has 0 aromatic heterocycles. The molecule has 82 valence electrons. The van der Waals surface area contributed by atoms with E-state index in [4.69, 9.17) is 0 Å². The first-order chi connectivity index (χ1) is 6.37. The van der Waals surface area contributed by atoms with Gasteiger partial charge in [0.1, 0.15) is 0 Å². The Balaban J connectivity index is 2.54. The van der Waals surface area contributed by atoms with Crippen LogP contribution in [0.3, 0.4) is 0 Å². The largest absolute Gasteiger partial charge is 0.386 e. The van der Waals surface area contributed by atoms with Gasteiger partial charge in [0.2, 0.25) is 0 Å². The lowest BCUT2D eigenvalue weighted by atomic mass is 9.68. The Morgan fingerprint density at radius 3 is 2.07 bits per heavy atom. The van der Waals surface area contributed by atoms with Gasteiger partial charge in [-0.3, -0.25) is 0 Å². The maximum atomic E-state index is 10.2. The molecule has 0 radical (unpaired) electrons. The minimum Gasteiger partial charge on any atom is -0.386 e. The molecule has 1 aliphatic carbocycles. The molecule has 1 fully saturated rings. The summed E-state index contributed by atoms with van der Waals surface area (Å²) in [7, 11) is 0. The maximum Gasteiger partial charge on any atom is 0.0827 e. The summed E-state index contributed by atoms with van der Waals surface area (Å²) in [6.45, 7) is 8.89. The van der Waals surface area contributed by atoms with Gasteiger partial charge in [0, 0.05) is 0 Å². The van der Waals surface area contributed by atoms with Gasteiger partial charge < -0.3 is 5.11 Å². The van der Waals surface area contributed by atoms with Crippen LogP contribution in [-0.4, -0.2) is 10.7 Å². The first-order valence-corrected chi connectivity index (χ1v) is 5.74. The van der Waals surface area contributed by atoms with Crippen molar-refractivity contribution in [2.75, 3.05) is 0 Å². The zero-order chi connectivity index (χ0) is 10.8. The second kappa shape index (κ2) is 4.06. The summed E-state index contributed by atoms with van der Waals surface area (Å²) in [6, 6.07) is 0. The molecule has 1 nitrogen and oxygen atoms in total. The van der Waals surface area contributed by atoms with E-state index >= 15 is 0 Å². The van der Waals surface area contributed by atoms with Crippen molar-refractivity contribution in [3.63, 3.8) is 0 Å². The van der Waals surface area contributed by atoms with E-state index in [1.54, 1.807) is 0 Å². The Labute approximate surface area is 88.2 Å². The van der Waals surface area contributed by atoms with Crippen LogP contribution in [0, 0.1) is 11.3 Å². The highest BCUT2D eigenvalue weighted by atomic mass is 16.3. The third-order valence-electron chi connectivity index (χ3n) is 3.55. The number of hydrogen-bond acceptors (Lipinski definition) is 1. The summed E-state index contributed by atoms with van der Waals surface area (Å²) < 4.78 is 0. The molecule has 1 heteroatoms. The van der Waals surface area contributed by atoms with Crippen molar-refractivity contribution in [1.82, 2.24) is 0 Å². The van der Waals surface area contributed by atoms with Gasteiger partial charge in [0.25, 0.3) is 0 Å². The Morgan fingerprint density at radius 2 is 1.71 bits per heavy atom. The number of allylic oxidation sites excluding steroid dienone is 1. The Kier molecular flexibility index (Phi) is 3.41. The van der Waals surface area contributed by atoms with E-state index in [2.05, 4.69) is 20.8 Å². The highest BCUT2D eigenvalue weighted by molar-refractivity contribution is 5.02. The van der Waals surface area contributed by atoms with Gasteiger partial charge in [0.05, 0.1) is 5.60 Å². The molecular formula is C13H24O. The van der Waals surface area contributed by atoms with Gasteiger partial charge in [0.15, 0.2) is 0 Å². The molecule has 0 aromatic carbocycles. The summed E-state index contributed by atoms with van der Waals surface area (Å²) in [5.41, 5.74) is -0.103. The zero-order valence-electron chi connectivity index (χ0n) is 10.0. The van der Waals surface area contributed by atoms with Crippen molar-refractivity contribution < 1.29 is 5.11 Å². The van der Waals surface area contributed by atoms with E-state index < -0.39 is 5.60 Å². The van der Waals surface area contributed by atoms with Crippen molar-refractivity contribution in [3.8, 4) is 0 Å². The lowest BCUT2D eigenvalue weighted by Gasteiger charge is -2.40. The normalized spacial score (nSPS) is 35.1. The third-order valence-corrected chi connectivity index (χ3v) is 3.55. The summed E-state index contributed by atoms with van der Waals surface area (Å²) in [5, 5.41) is 10.2. The van der Waals surface area contributed by atoms with Crippen LogP contribution >= 0.6 is 0 Å². The third kappa shape index (κ3) is 2.84. The molecule has 0 bridgehead atoms. The maximum absolute atomic E-state index is 10.2.